The van der Waals surface area contributed by atoms with Crippen LogP contribution in [-0.2, 0) is 6.54 Å². The fourth-order valence-electron chi connectivity index (χ4n) is 6.46. The molecule has 0 radical (unpaired) electrons. The number of aromatic nitrogens is 2. The molecule has 47 heavy (non-hydrogen) atoms. The van der Waals surface area contributed by atoms with Crippen molar-refractivity contribution in [3.8, 4) is 11.8 Å². The lowest BCUT2D eigenvalue weighted by Gasteiger charge is -2.42. The first-order valence-electron chi connectivity index (χ1n) is 16.0. The van der Waals surface area contributed by atoms with Gasteiger partial charge < -0.3 is 19.4 Å². The van der Waals surface area contributed by atoms with Crippen molar-refractivity contribution in [1.82, 2.24) is 19.8 Å². The van der Waals surface area contributed by atoms with Crippen LogP contribution in [-0.4, -0.2) is 70.9 Å². The van der Waals surface area contributed by atoms with Crippen molar-refractivity contribution in [2.24, 2.45) is 5.41 Å². The summed E-state index contributed by atoms with van der Waals surface area (Å²) in [6.07, 6.45) is 7.08. The second kappa shape index (κ2) is 14.4. The van der Waals surface area contributed by atoms with Crippen molar-refractivity contribution < 1.29 is 18.7 Å². The van der Waals surface area contributed by atoms with Gasteiger partial charge >= 0.3 is 0 Å². The normalized spacial score (nSPS) is 17.0. The maximum atomic E-state index is 14.4. The number of hydrogen-bond acceptors (Lipinski definition) is 7. The largest absolute Gasteiger partial charge is 0.492 e. The summed E-state index contributed by atoms with van der Waals surface area (Å²) in [7, 11) is 0. The van der Waals surface area contributed by atoms with E-state index < -0.39 is 5.82 Å². The number of fused-ring (bicyclic) bond motifs is 1. The number of ether oxygens (including phenoxy) is 1. The van der Waals surface area contributed by atoms with Crippen LogP contribution in [0.1, 0.15) is 57.5 Å². The van der Waals surface area contributed by atoms with E-state index in [1.165, 1.54) is 12.3 Å². The molecular formula is C37H37FN6O3. The molecule has 10 heteroatoms. The number of rotatable bonds is 4. The highest BCUT2D eigenvalue weighted by atomic mass is 19.1. The van der Waals surface area contributed by atoms with Crippen LogP contribution in [0.25, 0.3) is 0 Å². The van der Waals surface area contributed by atoms with Gasteiger partial charge in [-0.15, -0.1) is 0 Å². The molecule has 2 aromatic heterocycles. The topological polar surface area (TPSA) is 103 Å². The second-order valence-electron chi connectivity index (χ2n) is 12.3. The van der Waals surface area contributed by atoms with E-state index in [0.29, 0.717) is 75.6 Å². The molecule has 0 aliphatic carbocycles. The predicted octanol–water partition coefficient (Wildman–Crippen LogP) is 5.73. The Bertz CT molecular complexity index is 1740. The van der Waals surface area contributed by atoms with Crippen molar-refractivity contribution in [2.75, 3.05) is 44.2 Å². The van der Waals surface area contributed by atoms with Gasteiger partial charge in [-0.2, -0.15) is 5.26 Å². The minimum atomic E-state index is -0.623. The van der Waals surface area contributed by atoms with Crippen LogP contribution >= 0.6 is 0 Å². The smallest absolute Gasteiger partial charge is 0.257 e. The van der Waals surface area contributed by atoms with E-state index in [2.05, 4.69) is 20.9 Å². The van der Waals surface area contributed by atoms with E-state index in [9.17, 15) is 19.2 Å². The van der Waals surface area contributed by atoms with Crippen molar-refractivity contribution >= 4 is 17.6 Å². The number of likely N-dealkylation sites (tertiary alicyclic amines) is 1. The van der Waals surface area contributed by atoms with E-state index >= 15 is 0 Å². The standard InChI is InChI=1S/C37H37FN6O3/c38-32-25-40-17-13-30(32)35(45)43-19-15-37(16-20-43)14-6-18-42(34-12-11-29(23-39)24-41-34)21-22-44(26-28-7-2-1-3-8-28)36(46)31-9-4-5-10-33(31)47-27-37/h1-5,7-13,17,24-25H,6,14-16,18-22,26-27H2. The number of nitrogens with zero attached hydrogens (tertiary/aromatic N) is 6. The van der Waals surface area contributed by atoms with Gasteiger partial charge in [-0.3, -0.25) is 14.6 Å². The summed E-state index contributed by atoms with van der Waals surface area (Å²) in [4.78, 5) is 41.5. The molecule has 1 saturated heterocycles. The second-order valence-corrected chi connectivity index (χ2v) is 12.3. The molecule has 0 saturated carbocycles. The van der Waals surface area contributed by atoms with Gasteiger partial charge in [-0.05, 0) is 61.6 Å². The lowest BCUT2D eigenvalue weighted by Crippen LogP contribution is -2.46. The summed E-state index contributed by atoms with van der Waals surface area (Å²) < 4.78 is 20.9. The molecule has 9 nitrogen and oxygen atoms in total. The van der Waals surface area contributed by atoms with Gasteiger partial charge in [0.2, 0.25) is 0 Å². The van der Waals surface area contributed by atoms with Crippen LogP contribution < -0.4 is 9.64 Å². The minimum absolute atomic E-state index is 0.0280. The van der Waals surface area contributed by atoms with Gasteiger partial charge in [0.15, 0.2) is 5.82 Å². The lowest BCUT2D eigenvalue weighted by atomic mass is 9.75. The van der Waals surface area contributed by atoms with E-state index in [4.69, 9.17) is 4.74 Å². The van der Waals surface area contributed by atoms with E-state index in [1.54, 1.807) is 17.2 Å². The number of amides is 2. The summed E-state index contributed by atoms with van der Waals surface area (Å²) in [6.45, 7) is 3.45. The number of benzene rings is 2. The number of piperidine rings is 1. The average molecular weight is 633 g/mol. The van der Waals surface area contributed by atoms with Crippen LogP contribution in [0, 0.1) is 22.6 Å². The molecule has 6 rings (SSSR count). The van der Waals surface area contributed by atoms with Gasteiger partial charge in [0.25, 0.3) is 11.8 Å². The Balaban J connectivity index is 1.28. The number of anilines is 1. The van der Waals surface area contributed by atoms with Crippen molar-refractivity contribution in [1.29, 1.82) is 5.26 Å². The zero-order valence-corrected chi connectivity index (χ0v) is 26.2. The zero-order chi connectivity index (χ0) is 32.6. The van der Waals surface area contributed by atoms with Crippen LogP contribution in [0.3, 0.4) is 0 Å². The molecule has 2 aliphatic rings. The Hall–Kier alpha value is -5.30. The Morgan fingerprint density at radius 3 is 2.45 bits per heavy atom. The number of carbonyl (C=O) groups is 2. The quantitative estimate of drug-likeness (QED) is 0.283. The minimum Gasteiger partial charge on any atom is -0.492 e. The first-order valence-corrected chi connectivity index (χ1v) is 16.0. The highest BCUT2D eigenvalue weighted by Gasteiger charge is 2.38. The highest BCUT2D eigenvalue weighted by Crippen LogP contribution is 2.38. The Morgan fingerprint density at radius 2 is 1.70 bits per heavy atom. The molecule has 4 heterocycles. The van der Waals surface area contributed by atoms with Crippen LogP contribution in [0.4, 0.5) is 10.2 Å². The van der Waals surface area contributed by atoms with Crippen molar-refractivity contribution in [2.45, 2.75) is 32.2 Å². The number of hydrogen-bond donors (Lipinski definition) is 0. The van der Waals surface area contributed by atoms with Gasteiger partial charge in [-0.25, -0.2) is 9.37 Å². The number of halogens is 1. The van der Waals surface area contributed by atoms with E-state index in [0.717, 1.165) is 30.4 Å². The van der Waals surface area contributed by atoms with Gasteiger partial charge in [-0.1, -0.05) is 42.5 Å². The third-order valence-electron chi connectivity index (χ3n) is 9.24. The van der Waals surface area contributed by atoms with Crippen molar-refractivity contribution in [3.63, 3.8) is 0 Å². The van der Waals surface area contributed by atoms with Gasteiger partial charge in [0, 0.05) is 57.1 Å². The Morgan fingerprint density at radius 1 is 0.915 bits per heavy atom. The predicted molar refractivity (Wildman–Crippen MR) is 175 cm³/mol. The van der Waals surface area contributed by atoms with Gasteiger partial charge in [0.05, 0.1) is 29.5 Å². The molecule has 240 valence electrons. The Kier molecular flexibility index (Phi) is 9.72. The number of carbonyl (C=O) groups excluding carboxylic acids is 2. The van der Waals surface area contributed by atoms with Crippen LogP contribution in [0.5, 0.6) is 5.75 Å². The molecule has 1 spiro atoms. The number of pyridine rings is 2. The van der Waals surface area contributed by atoms with E-state index in [1.807, 2.05) is 65.6 Å². The molecule has 0 N–H and O–H groups in total. The lowest BCUT2D eigenvalue weighted by molar-refractivity contribution is 0.0361. The average Bonchev–Trinajstić information content (AvgIpc) is 3.12. The zero-order valence-electron chi connectivity index (χ0n) is 26.2. The molecule has 1 fully saturated rings. The maximum absolute atomic E-state index is 14.4. The summed E-state index contributed by atoms with van der Waals surface area (Å²) in [5, 5.41) is 9.32. The van der Waals surface area contributed by atoms with E-state index in [-0.39, 0.29) is 22.8 Å². The van der Waals surface area contributed by atoms with Crippen LogP contribution in [0.2, 0.25) is 0 Å². The summed E-state index contributed by atoms with van der Waals surface area (Å²) in [5.74, 6) is 0.207. The molecule has 0 unspecified atom stereocenters. The molecule has 2 aromatic carbocycles. The number of para-hydroxylation sites is 1. The van der Waals surface area contributed by atoms with Crippen molar-refractivity contribution in [3.05, 3.63) is 119 Å². The monoisotopic (exact) mass is 632 g/mol. The first-order chi connectivity index (χ1) is 22.9. The first kappa shape index (κ1) is 31.7. The molecule has 0 bridgehead atoms. The molecule has 0 atom stereocenters. The molecule has 2 aliphatic heterocycles. The number of nitriles is 1. The fourth-order valence-corrected chi connectivity index (χ4v) is 6.46. The molecule has 2 amide bonds. The summed E-state index contributed by atoms with van der Waals surface area (Å²) >= 11 is 0. The summed E-state index contributed by atoms with van der Waals surface area (Å²) in [5.41, 5.74) is 1.78. The SMILES string of the molecule is N#Cc1ccc(N2CCCC3(CCN(C(=O)c4ccncc4F)CC3)COc3ccccc3C(=O)N(Cc3ccccc3)CC2)nc1. The summed E-state index contributed by atoms with van der Waals surface area (Å²) in [6, 6.07) is 24.5. The fraction of sp³-hybridized carbons (Fsp3) is 0.324. The maximum Gasteiger partial charge on any atom is 0.257 e. The third-order valence-corrected chi connectivity index (χ3v) is 9.24. The van der Waals surface area contributed by atoms with Crippen LogP contribution in [0.15, 0.2) is 91.4 Å². The Labute approximate surface area is 274 Å². The van der Waals surface area contributed by atoms with Gasteiger partial charge in [0.1, 0.15) is 17.6 Å². The highest BCUT2D eigenvalue weighted by molar-refractivity contribution is 5.97. The molecular weight excluding hydrogens is 595 g/mol. The third kappa shape index (κ3) is 7.41. The molecule has 4 aromatic rings.